The summed E-state index contributed by atoms with van der Waals surface area (Å²) in [6.07, 6.45) is 4.08. The normalized spacial score (nSPS) is 12.9. The minimum Gasteiger partial charge on any atom is -0.491 e. The van der Waals surface area contributed by atoms with Crippen molar-refractivity contribution in [1.82, 2.24) is 5.32 Å². The van der Waals surface area contributed by atoms with Gasteiger partial charge in [-0.3, -0.25) is 0 Å². The number of hydrogen-bond donors (Lipinski definition) is 1. The Morgan fingerprint density at radius 3 is 2.35 bits per heavy atom. The third-order valence-corrected chi connectivity index (χ3v) is 3.39. The van der Waals surface area contributed by atoms with Crippen molar-refractivity contribution in [3.63, 3.8) is 0 Å². The Hall–Kier alpha value is -1.02. The molecule has 1 rings (SSSR count). The van der Waals surface area contributed by atoms with Crippen LogP contribution >= 0.6 is 0 Å². The van der Waals surface area contributed by atoms with Crippen LogP contribution in [0.3, 0.4) is 0 Å². The molecule has 0 aromatic heterocycles. The minimum atomic E-state index is 0.222. The maximum atomic E-state index is 5.85. The molecule has 20 heavy (non-hydrogen) atoms. The molecular weight excluding hydrogens is 246 g/mol. The Balaban J connectivity index is 2.40. The summed E-state index contributed by atoms with van der Waals surface area (Å²) in [5, 5.41) is 3.61. The molecule has 0 fully saturated rings. The van der Waals surface area contributed by atoms with Gasteiger partial charge in [0.15, 0.2) is 0 Å². The molecule has 0 bridgehead atoms. The number of rotatable bonds is 9. The Kier molecular flexibility index (Phi) is 7.68. The molecule has 1 N–H and O–H groups in total. The van der Waals surface area contributed by atoms with Crippen LogP contribution in [-0.2, 0) is 6.54 Å². The third kappa shape index (κ3) is 6.95. The molecule has 2 heteroatoms. The van der Waals surface area contributed by atoms with E-state index in [9.17, 15) is 0 Å². The Morgan fingerprint density at radius 2 is 1.70 bits per heavy atom. The van der Waals surface area contributed by atoms with Crippen molar-refractivity contribution in [3.8, 4) is 5.75 Å². The van der Waals surface area contributed by atoms with Gasteiger partial charge in [0.1, 0.15) is 5.75 Å². The number of hydrogen-bond acceptors (Lipinski definition) is 2. The Morgan fingerprint density at radius 1 is 1.00 bits per heavy atom. The summed E-state index contributed by atoms with van der Waals surface area (Å²) in [5.74, 6) is 1.81. The lowest BCUT2D eigenvalue weighted by Crippen LogP contribution is -2.25. The van der Waals surface area contributed by atoms with Gasteiger partial charge in [0, 0.05) is 18.2 Å². The van der Waals surface area contributed by atoms with Crippen LogP contribution in [0.4, 0.5) is 0 Å². The zero-order valence-corrected chi connectivity index (χ0v) is 13.8. The molecule has 2 nitrogen and oxygen atoms in total. The van der Waals surface area contributed by atoms with Gasteiger partial charge in [-0.05, 0) is 39.2 Å². The van der Waals surface area contributed by atoms with E-state index in [1.807, 2.05) is 6.07 Å². The van der Waals surface area contributed by atoms with E-state index in [-0.39, 0.29) is 6.10 Å². The molecule has 1 unspecified atom stereocenters. The quantitative estimate of drug-likeness (QED) is 0.701. The first kappa shape index (κ1) is 17.0. The highest BCUT2D eigenvalue weighted by molar-refractivity contribution is 5.33. The van der Waals surface area contributed by atoms with Crippen molar-refractivity contribution < 1.29 is 4.74 Å². The monoisotopic (exact) mass is 277 g/mol. The summed E-state index contributed by atoms with van der Waals surface area (Å²) in [5.41, 5.74) is 1.25. The molecule has 0 spiro atoms. The molecule has 0 radical (unpaired) electrons. The second-order valence-electron chi connectivity index (χ2n) is 6.38. The average molecular weight is 277 g/mol. The standard InChI is InChI=1S/C18H31NO/c1-14(2)9-8-10-16(5)19-13-17-11-6-7-12-18(17)20-15(3)4/h6-7,11-12,14-16,19H,8-10,13H2,1-5H3. The summed E-state index contributed by atoms with van der Waals surface area (Å²) < 4.78 is 5.85. The van der Waals surface area contributed by atoms with Gasteiger partial charge in [-0.2, -0.15) is 0 Å². The first-order valence-corrected chi connectivity index (χ1v) is 7.97. The molecule has 0 aliphatic rings. The van der Waals surface area contributed by atoms with Crippen LogP contribution in [0.5, 0.6) is 5.75 Å². The van der Waals surface area contributed by atoms with Gasteiger partial charge in [0.2, 0.25) is 0 Å². The topological polar surface area (TPSA) is 21.3 Å². The molecule has 0 aliphatic carbocycles. The van der Waals surface area contributed by atoms with Crippen molar-refractivity contribution in [2.24, 2.45) is 5.92 Å². The molecule has 0 amide bonds. The van der Waals surface area contributed by atoms with Crippen molar-refractivity contribution in [1.29, 1.82) is 0 Å². The van der Waals surface area contributed by atoms with E-state index >= 15 is 0 Å². The van der Waals surface area contributed by atoms with Crippen LogP contribution in [0.25, 0.3) is 0 Å². The third-order valence-electron chi connectivity index (χ3n) is 3.39. The molecule has 0 saturated carbocycles. The maximum Gasteiger partial charge on any atom is 0.124 e. The number of ether oxygens (including phenoxy) is 1. The summed E-state index contributed by atoms with van der Waals surface area (Å²) in [7, 11) is 0. The van der Waals surface area contributed by atoms with Crippen LogP contribution in [0.15, 0.2) is 24.3 Å². The number of nitrogens with one attached hydrogen (secondary N) is 1. The lowest BCUT2D eigenvalue weighted by Gasteiger charge is -2.17. The summed E-state index contributed by atoms with van der Waals surface area (Å²) in [6.45, 7) is 11.9. The van der Waals surface area contributed by atoms with Crippen LogP contribution in [0.2, 0.25) is 0 Å². The van der Waals surface area contributed by atoms with Crippen LogP contribution in [0.1, 0.15) is 59.4 Å². The summed E-state index contributed by atoms with van der Waals surface area (Å²) in [4.78, 5) is 0. The second kappa shape index (κ2) is 9.02. The van der Waals surface area contributed by atoms with E-state index in [4.69, 9.17) is 4.74 Å². The minimum absolute atomic E-state index is 0.222. The second-order valence-corrected chi connectivity index (χ2v) is 6.38. The van der Waals surface area contributed by atoms with E-state index in [0.29, 0.717) is 6.04 Å². The van der Waals surface area contributed by atoms with Crippen molar-refractivity contribution in [2.45, 2.75) is 72.6 Å². The summed E-state index contributed by atoms with van der Waals surface area (Å²) >= 11 is 0. The van der Waals surface area contributed by atoms with E-state index < -0.39 is 0 Å². The van der Waals surface area contributed by atoms with Crippen LogP contribution in [0, 0.1) is 5.92 Å². The van der Waals surface area contributed by atoms with Crippen LogP contribution < -0.4 is 10.1 Å². The van der Waals surface area contributed by atoms with Gasteiger partial charge in [0.05, 0.1) is 6.10 Å². The first-order valence-electron chi connectivity index (χ1n) is 7.97. The van der Waals surface area contributed by atoms with Gasteiger partial charge >= 0.3 is 0 Å². The Labute approximate surface area is 124 Å². The lowest BCUT2D eigenvalue weighted by molar-refractivity contribution is 0.239. The molecule has 1 atom stereocenters. The molecule has 0 aliphatic heterocycles. The van der Waals surface area contributed by atoms with Crippen molar-refractivity contribution >= 4 is 0 Å². The summed E-state index contributed by atoms with van der Waals surface area (Å²) in [6, 6.07) is 8.87. The fourth-order valence-corrected chi connectivity index (χ4v) is 2.24. The molecule has 0 saturated heterocycles. The SMILES string of the molecule is CC(C)CCCC(C)NCc1ccccc1OC(C)C. The number of para-hydroxylation sites is 1. The molecular formula is C18H31NO. The fourth-order valence-electron chi connectivity index (χ4n) is 2.24. The molecule has 0 heterocycles. The van der Waals surface area contributed by atoms with E-state index in [1.54, 1.807) is 0 Å². The highest BCUT2D eigenvalue weighted by Crippen LogP contribution is 2.19. The highest BCUT2D eigenvalue weighted by Gasteiger charge is 2.07. The lowest BCUT2D eigenvalue weighted by atomic mass is 10.0. The first-order chi connectivity index (χ1) is 9.49. The average Bonchev–Trinajstić information content (AvgIpc) is 2.36. The molecule has 1 aromatic rings. The van der Waals surface area contributed by atoms with E-state index in [0.717, 1.165) is 18.2 Å². The maximum absolute atomic E-state index is 5.85. The van der Waals surface area contributed by atoms with Gasteiger partial charge in [0.25, 0.3) is 0 Å². The fraction of sp³-hybridized carbons (Fsp3) is 0.667. The predicted octanol–water partition coefficient (Wildman–Crippen LogP) is 4.78. The molecule has 114 valence electrons. The Bertz CT molecular complexity index is 373. The largest absolute Gasteiger partial charge is 0.491 e. The number of benzene rings is 1. The highest BCUT2D eigenvalue weighted by atomic mass is 16.5. The van der Waals surface area contributed by atoms with Gasteiger partial charge in [-0.15, -0.1) is 0 Å². The van der Waals surface area contributed by atoms with Crippen molar-refractivity contribution in [3.05, 3.63) is 29.8 Å². The predicted molar refractivity (Wildman–Crippen MR) is 87.2 cm³/mol. The zero-order chi connectivity index (χ0) is 15.0. The molecule has 1 aromatic carbocycles. The van der Waals surface area contributed by atoms with E-state index in [1.165, 1.54) is 24.8 Å². The van der Waals surface area contributed by atoms with Gasteiger partial charge in [-0.1, -0.05) is 44.9 Å². The van der Waals surface area contributed by atoms with Crippen molar-refractivity contribution in [2.75, 3.05) is 0 Å². The smallest absolute Gasteiger partial charge is 0.124 e. The van der Waals surface area contributed by atoms with Crippen LogP contribution in [-0.4, -0.2) is 12.1 Å². The van der Waals surface area contributed by atoms with Gasteiger partial charge < -0.3 is 10.1 Å². The zero-order valence-electron chi connectivity index (χ0n) is 13.8. The van der Waals surface area contributed by atoms with Gasteiger partial charge in [-0.25, -0.2) is 0 Å². The van der Waals surface area contributed by atoms with E-state index in [2.05, 4.69) is 58.1 Å².